The van der Waals surface area contributed by atoms with Crippen LogP contribution in [-0.2, 0) is 9.59 Å². The molecule has 0 fully saturated rings. The van der Waals surface area contributed by atoms with Crippen LogP contribution in [0.3, 0.4) is 0 Å². The van der Waals surface area contributed by atoms with Crippen LogP contribution < -0.4 is 15.5 Å². The van der Waals surface area contributed by atoms with Gasteiger partial charge in [0.1, 0.15) is 5.75 Å². The van der Waals surface area contributed by atoms with Gasteiger partial charge in [0.2, 0.25) is 0 Å². The number of aryl methyl sites for hydroxylation is 1. The number of carbonyl (C=O) groups is 3. The predicted octanol–water partition coefficient (Wildman–Crippen LogP) is 4.07. The van der Waals surface area contributed by atoms with E-state index in [4.69, 9.17) is 4.74 Å². The quantitative estimate of drug-likeness (QED) is 0.189. The minimum absolute atomic E-state index is 0.249. The third-order valence-electron chi connectivity index (χ3n) is 4.15. The van der Waals surface area contributed by atoms with E-state index < -0.39 is 17.8 Å². The van der Waals surface area contributed by atoms with Gasteiger partial charge < -0.3 is 10.1 Å². The summed E-state index contributed by atoms with van der Waals surface area (Å²) in [6.45, 7) is 1.82. The molecule has 0 spiro atoms. The van der Waals surface area contributed by atoms with Crippen molar-refractivity contribution in [2.24, 2.45) is 5.10 Å². The van der Waals surface area contributed by atoms with Gasteiger partial charge in [-0.2, -0.15) is 5.10 Å². The molecule has 3 aromatic carbocycles. The van der Waals surface area contributed by atoms with Gasteiger partial charge >= 0.3 is 17.8 Å². The van der Waals surface area contributed by atoms with Crippen molar-refractivity contribution in [1.29, 1.82) is 0 Å². The summed E-state index contributed by atoms with van der Waals surface area (Å²) in [5, 5.41) is 6.33. The fraction of sp³-hybridized carbons (Fsp3) is 0.0435. The zero-order valence-corrected chi connectivity index (χ0v) is 18.0. The Morgan fingerprint density at radius 3 is 2.39 bits per heavy atom. The van der Waals surface area contributed by atoms with Crippen LogP contribution in [0.15, 0.2) is 82.4 Å². The number of rotatable bonds is 5. The highest BCUT2D eigenvalue weighted by Gasteiger charge is 2.14. The number of anilines is 1. The molecule has 0 atom stereocenters. The number of esters is 1. The molecule has 2 N–H and O–H groups in total. The highest BCUT2D eigenvalue weighted by atomic mass is 79.9. The number of ether oxygens (including phenoxy) is 1. The number of hydrogen-bond donors (Lipinski definition) is 2. The van der Waals surface area contributed by atoms with Crippen molar-refractivity contribution in [1.82, 2.24) is 5.43 Å². The fourth-order valence-electron chi connectivity index (χ4n) is 2.55. The van der Waals surface area contributed by atoms with Gasteiger partial charge in [-0.1, -0.05) is 52.3 Å². The molecule has 156 valence electrons. The van der Waals surface area contributed by atoms with E-state index in [0.717, 1.165) is 10.0 Å². The molecule has 31 heavy (non-hydrogen) atoms. The summed E-state index contributed by atoms with van der Waals surface area (Å²) in [5.41, 5.74) is 4.35. The minimum atomic E-state index is -0.933. The normalized spacial score (nSPS) is 10.5. The van der Waals surface area contributed by atoms with Gasteiger partial charge in [0.25, 0.3) is 0 Å². The molecule has 0 aliphatic carbocycles. The molecule has 0 radical (unpaired) electrons. The summed E-state index contributed by atoms with van der Waals surface area (Å²) < 4.78 is 6.16. The maximum atomic E-state index is 12.3. The van der Waals surface area contributed by atoms with Crippen LogP contribution in [0.4, 0.5) is 5.69 Å². The molecule has 7 nitrogen and oxygen atoms in total. The first-order valence-corrected chi connectivity index (χ1v) is 10.00. The maximum Gasteiger partial charge on any atom is 0.343 e. The number of nitrogens with zero attached hydrogens (tertiary/aromatic N) is 1. The van der Waals surface area contributed by atoms with Crippen LogP contribution in [0.1, 0.15) is 21.5 Å². The molecule has 0 bridgehead atoms. The van der Waals surface area contributed by atoms with Crippen LogP contribution >= 0.6 is 15.9 Å². The molecule has 0 saturated heterocycles. The smallest absolute Gasteiger partial charge is 0.343 e. The van der Waals surface area contributed by atoms with Crippen LogP contribution in [0.2, 0.25) is 0 Å². The van der Waals surface area contributed by atoms with Gasteiger partial charge in [0, 0.05) is 15.7 Å². The first-order chi connectivity index (χ1) is 14.9. The van der Waals surface area contributed by atoms with Crippen LogP contribution in [0.5, 0.6) is 5.75 Å². The van der Waals surface area contributed by atoms with Crippen LogP contribution in [0.25, 0.3) is 0 Å². The van der Waals surface area contributed by atoms with Gasteiger partial charge in [-0.05, 0) is 48.9 Å². The lowest BCUT2D eigenvalue weighted by Gasteiger charge is -2.08. The second-order valence-electron chi connectivity index (χ2n) is 6.41. The molecule has 8 heteroatoms. The van der Waals surface area contributed by atoms with Crippen molar-refractivity contribution in [2.45, 2.75) is 6.92 Å². The monoisotopic (exact) mass is 479 g/mol. The van der Waals surface area contributed by atoms with E-state index in [-0.39, 0.29) is 5.75 Å². The van der Waals surface area contributed by atoms with Crippen molar-refractivity contribution in [2.75, 3.05) is 5.32 Å². The van der Waals surface area contributed by atoms with Crippen molar-refractivity contribution in [3.63, 3.8) is 0 Å². The van der Waals surface area contributed by atoms with E-state index in [1.165, 1.54) is 6.21 Å². The van der Waals surface area contributed by atoms with Crippen molar-refractivity contribution < 1.29 is 19.1 Å². The molecule has 0 heterocycles. The van der Waals surface area contributed by atoms with Crippen molar-refractivity contribution in [3.8, 4) is 5.75 Å². The number of benzene rings is 3. The van der Waals surface area contributed by atoms with Gasteiger partial charge in [0.05, 0.1) is 11.8 Å². The summed E-state index contributed by atoms with van der Waals surface area (Å²) in [4.78, 5) is 36.4. The average molecular weight is 480 g/mol. The molecule has 0 aliphatic heterocycles. The lowest BCUT2D eigenvalue weighted by Crippen LogP contribution is -2.32. The molecular formula is C23H18BrN3O4. The number of halogens is 1. The number of nitrogens with one attached hydrogen (secondary N) is 2. The predicted molar refractivity (Wildman–Crippen MR) is 121 cm³/mol. The standard InChI is InChI=1S/C23H18BrN3O4/c1-15-7-5-6-10-19(15)26-21(28)22(29)27-25-14-17-13-18(24)11-12-20(17)31-23(30)16-8-3-2-4-9-16/h2-14H,1H3,(H,26,28)(H,27,29). The number of carbonyl (C=O) groups excluding carboxylic acids is 3. The molecule has 0 unspecified atom stereocenters. The van der Waals surface area contributed by atoms with E-state index in [2.05, 4.69) is 31.8 Å². The van der Waals surface area contributed by atoms with E-state index >= 15 is 0 Å². The molecular weight excluding hydrogens is 462 g/mol. The Hall–Kier alpha value is -3.78. The fourth-order valence-corrected chi connectivity index (χ4v) is 2.93. The number of hydrogen-bond acceptors (Lipinski definition) is 5. The average Bonchev–Trinajstić information content (AvgIpc) is 2.77. The molecule has 0 saturated carbocycles. The second-order valence-corrected chi connectivity index (χ2v) is 7.32. The van der Waals surface area contributed by atoms with Crippen molar-refractivity contribution in [3.05, 3.63) is 94.0 Å². The Labute approximate surface area is 187 Å². The first kappa shape index (κ1) is 21.9. The minimum Gasteiger partial charge on any atom is -0.422 e. The third kappa shape index (κ3) is 6.10. The number of hydrazone groups is 1. The van der Waals surface area contributed by atoms with Gasteiger partial charge in [0.15, 0.2) is 0 Å². The summed E-state index contributed by atoms with van der Waals surface area (Å²) >= 11 is 3.34. The Morgan fingerprint density at radius 1 is 0.935 bits per heavy atom. The van der Waals surface area contributed by atoms with Crippen molar-refractivity contribution >= 4 is 45.6 Å². The van der Waals surface area contributed by atoms with Gasteiger partial charge in [-0.3, -0.25) is 9.59 Å². The van der Waals surface area contributed by atoms with Crippen LogP contribution in [-0.4, -0.2) is 24.0 Å². The summed E-state index contributed by atoms with van der Waals surface area (Å²) in [6.07, 6.45) is 1.29. The van der Waals surface area contributed by atoms with Gasteiger partial charge in [-0.15, -0.1) is 0 Å². The second kappa shape index (κ2) is 10.3. The Balaban J connectivity index is 1.67. The summed E-state index contributed by atoms with van der Waals surface area (Å²) in [6, 6.07) is 20.6. The third-order valence-corrected chi connectivity index (χ3v) is 4.65. The lowest BCUT2D eigenvalue weighted by atomic mass is 10.2. The van der Waals surface area contributed by atoms with E-state index in [9.17, 15) is 14.4 Å². The zero-order valence-electron chi connectivity index (χ0n) is 16.5. The Bertz CT molecular complexity index is 1150. The maximum absolute atomic E-state index is 12.3. The van der Waals surface area contributed by atoms with E-state index in [1.54, 1.807) is 60.7 Å². The number of amides is 2. The summed E-state index contributed by atoms with van der Waals surface area (Å²) in [7, 11) is 0. The highest BCUT2D eigenvalue weighted by Crippen LogP contribution is 2.23. The molecule has 0 aromatic heterocycles. The Morgan fingerprint density at radius 2 is 1.65 bits per heavy atom. The molecule has 3 rings (SSSR count). The first-order valence-electron chi connectivity index (χ1n) is 9.21. The topological polar surface area (TPSA) is 96.9 Å². The Kier molecular flexibility index (Phi) is 7.29. The van der Waals surface area contributed by atoms with Crippen LogP contribution in [0, 0.1) is 6.92 Å². The van der Waals surface area contributed by atoms with Gasteiger partial charge in [-0.25, -0.2) is 10.2 Å². The lowest BCUT2D eigenvalue weighted by molar-refractivity contribution is -0.136. The molecule has 3 aromatic rings. The molecule has 0 aliphatic rings. The highest BCUT2D eigenvalue weighted by molar-refractivity contribution is 9.10. The number of para-hydroxylation sites is 1. The molecule has 2 amide bonds. The van der Waals surface area contributed by atoms with E-state index in [0.29, 0.717) is 16.8 Å². The largest absolute Gasteiger partial charge is 0.422 e. The van der Waals surface area contributed by atoms with E-state index in [1.807, 2.05) is 19.1 Å². The SMILES string of the molecule is Cc1ccccc1NC(=O)C(=O)NN=Cc1cc(Br)ccc1OC(=O)c1ccccc1. The zero-order chi connectivity index (χ0) is 22.2. The summed E-state index contributed by atoms with van der Waals surface area (Å²) in [5.74, 6) is -2.06.